The molecule has 3 N–H and O–H groups in total. The molecular formula is C9H18N4. The van der Waals surface area contributed by atoms with Gasteiger partial charge in [0, 0.05) is 31.5 Å². The summed E-state index contributed by atoms with van der Waals surface area (Å²) in [4.78, 5) is 0. The van der Waals surface area contributed by atoms with Crippen LogP contribution < -0.4 is 10.6 Å². The number of nitrogens with zero attached hydrogens (tertiary/aromatic N) is 1. The molecule has 0 aliphatic rings. The Morgan fingerprint density at radius 1 is 1.31 bits per heavy atom. The first-order valence-electron chi connectivity index (χ1n) is 4.83. The van der Waals surface area contributed by atoms with Crippen LogP contribution in [0.2, 0.25) is 0 Å². The zero-order valence-corrected chi connectivity index (χ0v) is 8.14. The van der Waals surface area contributed by atoms with Crippen molar-refractivity contribution in [3.63, 3.8) is 0 Å². The molecule has 0 saturated heterocycles. The second-order valence-electron chi connectivity index (χ2n) is 3.01. The van der Waals surface area contributed by atoms with Crippen molar-refractivity contribution in [2.75, 3.05) is 19.6 Å². The minimum atomic E-state index is 0.869. The van der Waals surface area contributed by atoms with Crippen LogP contribution in [0, 0.1) is 0 Å². The fraction of sp³-hybridized carbons (Fsp3) is 0.667. The van der Waals surface area contributed by atoms with Crippen molar-refractivity contribution >= 4 is 0 Å². The van der Waals surface area contributed by atoms with E-state index in [0.29, 0.717) is 0 Å². The predicted molar refractivity (Wildman–Crippen MR) is 53.5 cm³/mol. The number of aromatic nitrogens is 2. The van der Waals surface area contributed by atoms with E-state index in [0.717, 1.165) is 31.9 Å². The van der Waals surface area contributed by atoms with E-state index < -0.39 is 0 Å². The highest BCUT2D eigenvalue weighted by Crippen LogP contribution is 1.88. The van der Waals surface area contributed by atoms with Gasteiger partial charge in [0.1, 0.15) is 0 Å². The van der Waals surface area contributed by atoms with Crippen molar-refractivity contribution in [1.82, 2.24) is 20.8 Å². The summed E-state index contributed by atoms with van der Waals surface area (Å²) in [6.45, 7) is 6.17. The quantitative estimate of drug-likeness (QED) is 0.538. The third-order valence-electron chi connectivity index (χ3n) is 1.78. The Morgan fingerprint density at radius 2 is 2.15 bits per heavy atom. The summed E-state index contributed by atoms with van der Waals surface area (Å²) in [5, 5.41) is 13.4. The van der Waals surface area contributed by atoms with Gasteiger partial charge in [-0.3, -0.25) is 5.10 Å². The third kappa shape index (κ3) is 4.65. The van der Waals surface area contributed by atoms with Crippen LogP contribution >= 0.6 is 0 Å². The molecule has 0 amide bonds. The van der Waals surface area contributed by atoms with Gasteiger partial charge in [-0.2, -0.15) is 5.10 Å². The second-order valence-corrected chi connectivity index (χ2v) is 3.01. The molecule has 0 fully saturated rings. The highest BCUT2D eigenvalue weighted by molar-refractivity contribution is 4.96. The molecule has 1 aromatic heterocycles. The molecule has 0 aromatic carbocycles. The fourth-order valence-electron chi connectivity index (χ4n) is 1.08. The lowest BCUT2D eigenvalue weighted by molar-refractivity contribution is 0.601. The Hall–Kier alpha value is -0.870. The first-order chi connectivity index (χ1) is 6.43. The van der Waals surface area contributed by atoms with Crippen molar-refractivity contribution in [2.45, 2.75) is 19.9 Å². The van der Waals surface area contributed by atoms with Crippen molar-refractivity contribution < 1.29 is 0 Å². The van der Waals surface area contributed by atoms with Crippen molar-refractivity contribution in [3.8, 4) is 0 Å². The van der Waals surface area contributed by atoms with Gasteiger partial charge in [-0.1, -0.05) is 6.92 Å². The summed E-state index contributed by atoms with van der Waals surface area (Å²) >= 11 is 0. The maximum absolute atomic E-state index is 3.87. The van der Waals surface area contributed by atoms with Crippen LogP contribution in [-0.4, -0.2) is 29.8 Å². The van der Waals surface area contributed by atoms with Crippen LogP contribution in [0.25, 0.3) is 0 Å². The molecule has 0 radical (unpaired) electrons. The van der Waals surface area contributed by atoms with Crippen molar-refractivity contribution in [3.05, 3.63) is 18.0 Å². The summed E-state index contributed by atoms with van der Waals surface area (Å²) in [5.74, 6) is 0. The summed E-state index contributed by atoms with van der Waals surface area (Å²) in [7, 11) is 0. The van der Waals surface area contributed by atoms with Crippen molar-refractivity contribution in [1.29, 1.82) is 0 Å². The van der Waals surface area contributed by atoms with Gasteiger partial charge in [0.25, 0.3) is 0 Å². The largest absolute Gasteiger partial charge is 0.315 e. The number of hydrogen-bond donors (Lipinski definition) is 3. The molecule has 74 valence electrons. The lowest BCUT2D eigenvalue weighted by atomic mass is 10.4. The van der Waals surface area contributed by atoms with E-state index in [9.17, 15) is 0 Å². The molecule has 0 aliphatic carbocycles. The van der Waals surface area contributed by atoms with Crippen LogP contribution in [0.4, 0.5) is 0 Å². The molecule has 1 aromatic rings. The predicted octanol–water partition coefficient (Wildman–Crippen LogP) is 0.499. The molecule has 0 bridgehead atoms. The first kappa shape index (κ1) is 10.2. The van der Waals surface area contributed by atoms with Crippen molar-refractivity contribution in [2.24, 2.45) is 0 Å². The minimum absolute atomic E-state index is 0.869. The standard InChI is InChI=1S/C9H18N4/c1-2-4-10-6-7-11-8-9-3-5-12-13-9/h3,5,10-11H,2,4,6-8H2,1H3,(H,12,13). The fourth-order valence-corrected chi connectivity index (χ4v) is 1.08. The first-order valence-corrected chi connectivity index (χ1v) is 4.83. The van der Waals surface area contributed by atoms with Gasteiger partial charge in [-0.05, 0) is 19.0 Å². The Bertz CT molecular complexity index is 195. The Balaban J connectivity index is 1.90. The molecule has 4 nitrogen and oxygen atoms in total. The minimum Gasteiger partial charge on any atom is -0.315 e. The van der Waals surface area contributed by atoms with E-state index in [4.69, 9.17) is 0 Å². The van der Waals surface area contributed by atoms with Gasteiger partial charge in [0.05, 0.1) is 0 Å². The SMILES string of the molecule is CCCNCCNCc1ccn[nH]1. The smallest absolute Gasteiger partial charge is 0.0490 e. The number of nitrogens with one attached hydrogen (secondary N) is 3. The molecule has 0 saturated carbocycles. The third-order valence-corrected chi connectivity index (χ3v) is 1.78. The Labute approximate surface area is 79.1 Å². The van der Waals surface area contributed by atoms with Gasteiger partial charge >= 0.3 is 0 Å². The lowest BCUT2D eigenvalue weighted by Gasteiger charge is -2.03. The van der Waals surface area contributed by atoms with Gasteiger partial charge in [0.2, 0.25) is 0 Å². The molecule has 0 spiro atoms. The van der Waals surface area contributed by atoms with E-state index >= 15 is 0 Å². The van der Waals surface area contributed by atoms with Gasteiger partial charge in [-0.25, -0.2) is 0 Å². The van der Waals surface area contributed by atoms with Crippen LogP contribution in [0.1, 0.15) is 19.0 Å². The van der Waals surface area contributed by atoms with E-state index in [1.54, 1.807) is 6.20 Å². The zero-order valence-electron chi connectivity index (χ0n) is 8.14. The molecule has 0 atom stereocenters. The highest BCUT2D eigenvalue weighted by Gasteiger charge is 1.91. The second kappa shape index (κ2) is 6.62. The van der Waals surface area contributed by atoms with E-state index in [1.807, 2.05) is 6.07 Å². The van der Waals surface area contributed by atoms with Crippen LogP contribution in [0.3, 0.4) is 0 Å². The molecule has 4 heteroatoms. The highest BCUT2D eigenvalue weighted by atomic mass is 15.1. The zero-order chi connectivity index (χ0) is 9.36. The van der Waals surface area contributed by atoms with Gasteiger partial charge in [-0.15, -0.1) is 0 Å². The summed E-state index contributed by atoms with van der Waals surface area (Å²) in [5.41, 5.74) is 1.13. The number of aromatic amines is 1. The van der Waals surface area contributed by atoms with E-state index in [-0.39, 0.29) is 0 Å². The normalized spacial score (nSPS) is 10.5. The van der Waals surface area contributed by atoms with Crippen LogP contribution in [0.5, 0.6) is 0 Å². The van der Waals surface area contributed by atoms with Gasteiger partial charge in [0.15, 0.2) is 0 Å². The molecule has 1 heterocycles. The number of rotatable bonds is 7. The monoisotopic (exact) mass is 182 g/mol. The summed E-state index contributed by atoms with van der Waals surface area (Å²) < 4.78 is 0. The molecular weight excluding hydrogens is 164 g/mol. The van der Waals surface area contributed by atoms with Crippen LogP contribution in [-0.2, 0) is 6.54 Å². The maximum atomic E-state index is 3.87. The summed E-state index contributed by atoms with van der Waals surface area (Å²) in [6, 6.07) is 1.98. The Morgan fingerprint density at radius 3 is 2.85 bits per heavy atom. The average Bonchev–Trinajstić information content (AvgIpc) is 2.63. The maximum Gasteiger partial charge on any atom is 0.0490 e. The van der Waals surface area contributed by atoms with Crippen LogP contribution in [0.15, 0.2) is 12.3 Å². The lowest BCUT2D eigenvalue weighted by Crippen LogP contribution is -2.27. The number of hydrogen-bond acceptors (Lipinski definition) is 3. The molecule has 0 aliphatic heterocycles. The topological polar surface area (TPSA) is 52.7 Å². The summed E-state index contributed by atoms with van der Waals surface area (Å²) in [6.07, 6.45) is 2.97. The average molecular weight is 182 g/mol. The molecule has 0 unspecified atom stereocenters. The Kier molecular flexibility index (Phi) is 5.20. The van der Waals surface area contributed by atoms with E-state index in [1.165, 1.54) is 6.42 Å². The van der Waals surface area contributed by atoms with Gasteiger partial charge < -0.3 is 10.6 Å². The molecule has 1 rings (SSSR count). The van der Waals surface area contributed by atoms with E-state index in [2.05, 4.69) is 27.8 Å². The molecule has 13 heavy (non-hydrogen) atoms. The number of H-pyrrole nitrogens is 1.